The van der Waals surface area contributed by atoms with E-state index in [1.54, 1.807) is 22.3 Å². The largest absolute Gasteiger partial charge is 0.147 e. The van der Waals surface area contributed by atoms with Gasteiger partial charge in [-0.15, -0.1) is 24.8 Å². The van der Waals surface area contributed by atoms with Crippen molar-refractivity contribution < 1.29 is 17.4 Å². The molecule has 4 aliphatic rings. The molecule has 0 bridgehead atoms. The van der Waals surface area contributed by atoms with E-state index in [2.05, 4.69) is 233 Å². The Morgan fingerprint density at radius 1 is 0.350 bits per heavy atom. The first kappa shape index (κ1) is 62.5. The SMILES string of the molecule is CC(C)(C)c1ccc(-c2ccc(-c3ccc(C(C)(C)C)cc3)c3c2C=C(CC2CCCCCC2)[CH]3[Zr]([CH3])([CH3])(=[SiH2])[CH]2C(CC3CCCCCC3)=Cc3c(-c4ccc(C(C)(C)C)cc4)ccc(-c4ccc(C(C)(C)C)cc4)c32)cc1.Cl.Cl. The smallest absolute Gasteiger partial charge is 0.147 e. The van der Waals surface area contributed by atoms with Gasteiger partial charge in [0.2, 0.25) is 0 Å². The van der Waals surface area contributed by atoms with E-state index in [9.17, 15) is 0 Å². The van der Waals surface area contributed by atoms with Gasteiger partial charge >= 0.3 is 481 Å². The zero-order chi connectivity index (χ0) is 55.6. The van der Waals surface area contributed by atoms with Gasteiger partial charge in [0.05, 0.1) is 0 Å². The maximum atomic E-state index is 2.98. The summed E-state index contributed by atoms with van der Waals surface area (Å²) in [7, 11) is 0. The quantitative estimate of drug-likeness (QED) is 0.0947. The van der Waals surface area contributed by atoms with Crippen LogP contribution in [-0.4, -0.2) is 6.88 Å². The molecule has 0 radical (unpaired) electrons. The van der Waals surface area contributed by atoms with Crippen molar-refractivity contribution in [1.82, 2.24) is 0 Å². The molecule has 4 aliphatic carbocycles. The van der Waals surface area contributed by atoms with E-state index in [0.29, 0.717) is 7.25 Å². The van der Waals surface area contributed by atoms with Crippen molar-refractivity contribution in [3.63, 3.8) is 0 Å². The Hall–Kier alpha value is -3.52. The van der Waals surface area contributed by atoms with Gasteiger partial charge in [0.25, 0.3) is 0 Å². The maximum Gasteiger partial charge on any atom is -0.147 e. The zero-order valence-corrected chi connectivity index (χ0v) is 57.4. The molecule has 2 saturated carbocycles. The van der Waals surface area contributed by atoms with Crippen molar-refractivity contribution in [2.75, 3.05) is 0 Å². The molecule has 2 atom stereocenters. The number of halogens is 2. The van der Waals surface area contributed by atoms with Gasteiger partial charge in [-0.3, -0.25) is 0 Å². The summed E-state index contributed by atoms with van der Waals surface area (Å²) in [5.41, 5.74) is 27.0. The van der Waals surface area contributed by atoms with Crippen molar-refractivity contribution in [2.24, 2.45) is 11.8 Å². The van der Waals surface area contributed by atoms with E-state index in [1.165, 1.54) is 168 Å². The van der Waals surface area contributed by atoms with Crippen LogP contribution in [0.15, 0.2) is 132 Å². The Morgan fingerprint density at radius 3 is 0.838 bits per heavy atom. The molecule has 0 amide bonds. The van der Waals surface area contributed by atoms with E-state index < -0.39 is 17.4 Å². The average Bonchev–Trinajstić information content (AvgIpc) is 3.39. The molecular weight excluding hydrogens is 1100 g/mol. The van der Waals surface area contributed by atoms with Crippen molar-refractivity contribution in [2.45, 2.75) is 211 Å². The molecule has 10 rings (SSSR count). The van der Waals surface area contributed by atoms with Crippen LogP contribution in [0.3, 0.4) is 0 Å². The number of fused-ring (bicyclic) bond motifs is 2. The van der Waals surface area contributed by atoms with Crippen LogP contribution >= 0.6 is 24.8 Å². The van der Waals surface area contributed by atoms with Gasteiger partial charge in [0, 0.05) is 0 Å². The summed E-state index contributed by atoms with van der Waals surface area (Å²) in [6.07, 6.45) is 24.6. The predicted octanol–water partition coefficient (Wildman–Crippen LogP) is 23.0. The van der Waals surface area contributed by atoms with Gasteiger partial charge in [0.1, 0.15) is 0 Å². The van der Waals surface area contributed by atoms with Crippen molar-refractivity contribution in [1.29, 1.82) is 0 Å². The molecule has 80 heavy (non-hydrogen) atoms. The fraction of sp³-hybridized carbons (Fsp3) is 0.474. The fourth-order valence-corrected chi connectivity index (χ4v) is 34.7. The number of allylic oxidation sites excluding steroid dienone is 2. The third-order valence-electron chi connectivity index (χ3n) is 19.7. The summed E-state index contributed by atoms with van der Waals surface area (Å²) in [5, 5.41) is 0. The molecule has 4 heteroatoms. The van der Waals surface area contributed by atoms with E-state index in [1.807, 2.05) is 0 Å². The summed E-state index contributed by atoms with van der Waals surface area (Å²) in [5.74, 6) is 1.45. The molecule has 0 nitrogen and oxygen atoms in total. The summed E-state index contributed by atoms with van der Waals surface area (Å²) in [4.78, 5) is 0. The van der Waals surface area contributed by atoms with Crippen LogP contribution in [0.5, 0.6) is 0 Å². The molecule has 0 spiro atoms. The Kier molecular flexibility index (Phi) is 18.6. The van der Waals surface area contributed by atoms with Gasteiger partial charge in [-0.05, 0) is 0 Å². The van der Waals surface area contributed by atoms with Crippen LogP contribution in [0.25, 0.3) is 56.7 Å². The Bertz CT molecular complexity index is 3050. The van der Waals surface area contributed by atoms with Gasteiger partial charge in [0.15, 0.2) is 0 Å². The Balaban J connectivity index is 0.00000420. The molecule has 2 fully saturated rings. The van der Waals surface area contributed by atoms with Crippen LogP contribution in [-0.2, 0) is 39.1 Å². The maximum absolute atomic E-state index is 4.44. The summed E-state index contributed by atoms with van der Waals surface area (Å²) in [6, 6.07) is 49.4. The summed E-state index contributed by atoms with van der Waals surface area (Å²) < 4.78 is 6.73. The normalized spacial score (nSPS) is 18.7. The molecule has 0 aliphatic heterocycles. The fourth-order valence-electron chi connectivity index (χ4n) is 15.2. The van der Waals surface area contributed by atoms with Crippen molar-refractivity contribution in [3.8, 4) is 44.5 Å². The van der Waals surface area contributed by atoms with Gasteiger partial charge in [-0.1, -0.05) is 0 Å². The minimum atomic E-state index is -4.44. The number of benzene rings is 6. The third-order valence-corrected chi connectivity index (χ3v) is 37.1. The van der Waals surface area contributed by atoms with Crippen molar-refractivity contribution >= 4 is 43.8 Å². The van der Waals surface area contributed by atoms with E-state index in [0.717, 1.165) is 11.8 Å². The van der Waals surface area contributed by atoms with Crippen LogP contribution in [0.4, 0.5) is 0 Å². The molecule has 0 N–H and O–H groups in total. The molecule has 0 saturated heterocycles. The van der Waals surface area contributed by atoms with Gasteiger partial charge < -0.3 is 0 Å². The first-order chi connectivity index (χ1) is 36.7. The minimum absolute atomic E-state index is 0. The molecule has 6 aromatic rings. The molecule has 6 aromatic carbocycles. The van der Waals surface area contributed by atoms with E-state index in [4.69, 9.17) is 0 Å². The first-order valence-corrected chi connectivity index (χ1v) is 44.7. The summed E-state index contributed by atoms with van der Waals surface area (Å²) >= 11 is -4.44. The van der Waals surface area contributed by atoms with Gasteiger partial charge in [-0.2, -0.15) is 0 Å². The monoisotopic (exact) mass is 1200 g/mol. The predicted molar refractivity (Wildman–Crippen MR) is 357 cm³/mol. The molecule has 426 valence electrons. The minimum Gasteiger partial charge on any atom is -0.147 e. The zero-order valence-electron chi connectivity index (χ0n) is 51.9. The van der Waals surface area contributed by atoms with E-state index >= 15 is 0 Å². The Morgan fingerprint density at radius 2 is 0.588 bits per heavy atom. The molecular formula is C76H100Cl2SiZr. The van der Waals surface area contributed by atoms with Crippen LogP contribution in [0.2, 0.25) is 9.26 Å². The molecule has 0 heterocycles. The first-order valence-electron chi connectivity index (χ1n) is 31.0. The Labute approximate surface area is 501 Å². The second-order valence-electron chi connectivity index (χ2n) is 30.7. The average molecular weight is 1200 g/mol. The number of rotatable bonds is 10. The van der Waals surface area contributed by atoms with Crippen LogP contribution in [0, 0.1) is 11.8 Å². The second kappa shape index (κ2) is 23.9. The van der Waals surface area contributed by atoms with E-state index in [-0.39, 0.29) is 46.5 Å². The van der Waals surface area contributed by atoms with Crippen LogP contribution in [0.1, 0.15) is 225 Å². The second-order valence-corrected chi connectivity index (χ2v) is 61.1. The third kappa shape index (κ3) is 12.9. The van der Waals surface area contributed by atoms with Gasteiger partial charge in [-0.25, -0.2) is 0 Å². The molecule has 2 unspecified atom stereocenters. The van der Waals surface area contributed by atoms with Crippen molar-refractivity contribution in [3.05, 3.63) is 177 Å². The van der Waals surface area contributed by atoms with Crippen LogP contribution < -0.4 is 0 Å². The standard InChI is InChI=1S/2C37H45.2CH3.2ClH.H2Si.Zr/c2*1-36(2,3)30-17-13-28(14-18-30)32-21-22-33(29-15-19-31(20-16-29)37(4,5)6)35-25-27(24-34(32)35)23-26-11-9-7-8-10-12-26;;;;;;/h2*13-22,24-26H,7-12,23H2,1-6H3;2*1H3;2*1H;1H2;. The topological polar surface area (TPSA) is 0 Å². The number of hydrogen-bond donors (Lipinski definition) is 0. The number of hydrogen-bond acceptors (Lipinski definition) is 0. The summed E-state index contributed by atoms with van der Waals surface area (Å²) in [6.45, 7) is 30.9. The molecule has 0 aromatic heterocycles.